The van der Waals surface area contributed by atoms with Crippen LogP contribution in [0.5, 0.6) is 0 Å². The lowest BCUT2D eigenvalue weighted by Crippen LogP contribution is -2.00. The smallest absolute Gasteiger partial charge is 0.0786 e. The van der Waals surface area contributed by atoms with Crippen LogP contribution in [0, 0.1) is 20.8 Å². The second-order valence-electron chi connectivity index (χ2n) is 7.48. The quantitative estimate of drug-likeness (QED) is 0.383. The molecule has 0 saturated heterocycles. The van der Waals surface area contributed by atoms with E-state index in [4.69, 9.17) is 4.98 Å². The molecule has 0 aliphatic rings. The Labute approximate surface area is 167 Å². The highest BCUT2D eigenvalue weighted by atomic mass is 14.7. The molecular formula is C27H25N. The van der Waals surface area contributed by atoms with Crippen molar-refractivity contribution < 1.29 is 0 Å². The van der Waals surface area contributed by atoms with Crippen LogP contribution in [0.25, 0.3) is 22.4 Å². The molecule has 0 amide bonds. The number of nitrogens with zero attached hydrogens (tertiary/aromatic N) is 1. The standard InChI is InChI=1S/C27H25N/c1-19-14-15-20(2)25(16-19)27-26(23-12-8-5-9-13-23)18-24(21(3)28-27)17-22-10-6-4-7-11-22/h4-16,18H,17H2,1-3H3. The number of hydrogen-bond donors (Lipinski definition) is 0. The molecular weight excluding hydrogens is 338 g/mol. The summed E-state index contributed by atoms with van der Waals surface area (Å²) < 4.78 is 0. The van der Waals surface area contributed by atoms with E-state index in [1.54, 1.807) is 0 Å². The molecule has 0 unspecified atom stereocenters. The average Bonchev–Trinajstić information content (AvgIpc) is 2.72. The van der Waals surface area contributed by atoms with E-state index in [9.17, 15) is 0 Å². The molecule has 0 atom stereocenters. The summed E-state index contributed by atoms with van der Waals surface area (Å²) in [6, 6.07) is 30.2. The molecule has 138 valence electrons. The summed E-state index contributed by atoms with van der Waals surface area (Å²) in [7, 11) is 0. The summed E-state index contributed by atoms with van der Waals surface area (Å²) in [4.78, 5) is 5.12. The topological polar surface area (TPSA) is 12.9 Å². The zero-order valence-electron chi connectivity index (χ0n) is 16.7. The third kappa shape index (κ3) is 3.75. The Kier molecular flexibility index (Phi) is 5.08. The van der Waals surface area contributed by atoms with Crippen molar-refractivity contribution in [2.75, 3.05) is 0 Å². The van der Waals surface area contributed by atoms with Gasteiger partial charge in [-0.1, -0.05) is 78.4 Å². The van der Waals surface area contributed by atoms with Crippen LogP contribution in [-0.4, -0.2) is 4.98 Å². The van der Waals surface area contributed by atoms with Crippen molar-refractivity contribution >= 4 is 0 Å². The molecule has 3 aromatic carbocycles. The third-order valence-electron chi connectivity index (χ3n) is 5.29. The van der Waals surface area contributed by atoms with Gasteiger partial charge in [-0.15, -0.1) is 0 Å². The first-order chi connectivity index (χ1) is 13.6. The lowest BCUT2D eigenvalue weighted by Gasteiger charge is -2.16. The number of aryl methyl sites for hydroxylation is 3. The zero-order chi connectivity index (χ0) is 19.5. The van der Waals surface area contributed by atoms with Crippen LogP contribution in [0.2, 0.25) is 0 Å². The maximum Gasteiger partial charge on any atom is 0.0786 e. The van der Waals surface area contributed by atoms with E-state index in [1.165, 1.54) is 38.9 Å². The molecule has 0 N–H and O–H groups in total. The lowest BCUT2D eigenvalue weighted by atomic mass is 9.92. The van der Waals surface area contributed by atoms with Crippen molar-refractivity contribution in [2.24, 2.45) is 0 Å². The minimum absolute atomic E-state index is 0.895. The molecule has 0 spiro atoms. The van der Waals surface area contributed by atoms with Crippen LogP contribution in [-0.2, 0) is 6.42 Å². The highest BCUT2D eigenvalue weighted by Crippen LogP contribution is 2.35. The second-order valence-corrected chi connectivity index (χ2v) is 7.48. The van der Waals surface area contributed by atoms with E-state index in [-0.39, 0.29) is 0 Å². The Bertz CT molecular complexity index is 1100. The number of aromatic nitrogens is 1. The van der Waals surface area contributed by atoms with Crippen molar-refractivity contribution in [2.45, 2.75) is 27.2 Å². The molecule has 0 radical (unpaired) electrons. The molecule has 0 fully saturated rings. The van der Waals surface area contributed by atoms with Gasteiger partial charge >= 0.3 is 0 Å². The summed E-state index contributed by atoms with van der Waals surface area (Å²) >= 11 is 0. The summed E-state index contributed by atoms with van der Waals surface area (Å²) in [5, 5.41) is 0. The van der Waals surface area contributed by atoms with E-state index in [1.807, 2.05) is 0 Å². The van der Waals surface area contributed by atoms with Gasteiger partial charge in [0.15, 0.2) is 0 Å². The van der Waals surface area contributed by atoms with Gasteiger partial charge in [0.2, 0.25) is 0 Å². The normalized spacial score (nSPS) is 10.8. The van der Waals surface area contributed by atoms with Gasteiger partial charge in [0.05, 0.1) is 5.69 Å². The molecule has 1 aromatic heterocycles. The first-order valence-corrected chi connectivity index (χ1v) is 9.79. The number of hydrogen-bond acceptors (Lipinski definition) is 1. The van der Waals surface area contributed by atoms with Crippen molar-refractivity contribution in [3.05, 3.63) is 113 Å². The number of pyridine rings is 1. The summed E-state index contributed by atoms with van der Waals surface area (Å²) in [6.07, 6.45) is 0.895. The van der Waals surface area contributed by atoms with E-state index in [0.717, 1.165) is 17.8 Å². The molecule has 1 heteroatoms. The first-order valence-electron chi connectivity index (χ1n) is 9.79. The maximum absolute atomic E-state index is 5.12. The van der Waals surface area contributed by atoms with Crippen LogP contribution >= 0.6 is 0 Å². The van der Waals surface area contributed by atoms with Gasteiger partial charge < -0.3 is 0 Å². The average molecular weight is 364 g/mol. The first kappa shape index (κ1) is 18.2. The molecule has 0 aliphatic carbocycles. The van der Waals surface area contributed by atoms with Gasteiger partial charge in [-0.05, 0) is 61.6 Å². The molecule has 28 heavy (non-hydrogen) atoms. The van der Waals surface area contributed by atoms with Crippen molar-refractivity contribution in [1.82, 2.24) is 4.98 Å². The van der Waals surface area contributed by atoms with Gasteiger partial charge in [-0.2, -0.15) is 0 Å². The number of rotatable bonds is 4. The van der Waals surface area contributed by atoms with E-state index < -0.39 is 0 Å². The third-order valence-corrected chi connectivity index (χ3v) is 5.29. The minimum atomic E-state index is 0.895. The van der Waals surface area contributed by atoms with Gasteiger partial charge in [0.25, 0.3) is 0 Å². The Balaban J connectivity index is 1.91. The Morgan fingerprint density at radius 1 is 0.679 bits per heavy atom. The van der Waals surface area contributed by atoms with Crippen molar-refractivity contribution in [1.29, 1.82) is 0 Å². The van der Waals surface area contributed by atoms with Gasteiger partial charge in [0.1, 0.15) is 0 Å². The van der Waals surface area contributed by atoms with E-state index >= 15 is 0 Å². The highest BCUT2D eigenvalue weighted by molar-refractivity contribution is 5.83. The fraction of sp³-hybridized carbons (Fsp3) is 0.148. The Morgan fingerprint density at radius 3 is 2.07 bits per heavy atom. The van der Waals surface area contributed by atoms with Crippen LogP contribution in [0.15, 0.2) is 84.9 Å². The van der Waals surface area contributed by atoms with Crippen LogP contribution < -0.4 is 0 Å². The van der Waals surface area contributed by atoms with Crippen LogP contribution in [0.1, 0.15) is 27.9 Å². The van der Waals surface area contributed by atoms with Gasteiger partial charge in [-0.25, -0.2) is 0 Å². The maximum atomic E-state index is 5.12. The van der Waals surface area contributed by atoms with Crippen molar-refractivity contribution in [3.8, 4) is 22.4 Å². The van der Waals surface area contributed by atoms with Gasteiger partial charge in [0, 0.05) is 16.8 Å². The molecule has 4 rings (SSSR count). The number of benzene rings is 3. The Morgan fingerprint density at radius 2 is 1.36 bits per heavy atom. The van der Waals surface area contributed by atoms with E-state index in [0.29, 0.717) is 0 Å². The monoisotopic (exact) mass is 363 g/mol. The molecule has 0 saturated carbocycles. The summed E-state index contributed by atoms with van der Waals surface area (Å²) in [5.41, 5.74) is 10.9. The van der Waals surface area contributed by atoms with Crippen LogP contribution in [0.4, 0.5) is 0 Å². The van der Waals surface area contributed by atoms with Gasteiger partial charge in [-0.3, -0.25) is 4.98 Å². The Hall–Kier alpha value is -3.19. The van der Waals surface area contributed by atoms with Crippen LogP contribution in [0.3, 0.4) is 0 Å². The fourth-order valence-corrected chi connectivity index (χ4v) is 3.68. The summed E-state index contributed by atoms with van der Waals surface area (Å²) in [5.74, 6) is 0. The molecule has 0 bridgehead atoms. The predicted octanol–water partition coefficient (Wildman–Crippen LogP) is 6.93. The fourth-order valence-electron chi connectivity index (χ4n) is 3.68. The SMILES string of the molecule is Cc1ccc(C)c(-c2nc(C)c(Cc3ccccc3)cc2-c2ccccc2)c1. The minimum Gasteiger partial charge on any atom is -0.252 e. The predicted molar refractivity (Wildman–Crippen MR) is 119 cm³/mol. The lowest BCUT2D eigenvalue weighted by molar-refractivity contribution is 1.08. The second kappa shape index (κ2) is 7.82. The summed E-state index contributed by atoms with van der Waals surface area (Å²) in [6.45, 7) is 6.43. The molecule has 4 aromatic rings. The molecule has 1 nitrogen and oxygen atoms in total. The molecule has 0 aliphatic heterocycles. The van der Waals surface area contributed by atoms with E-state index in [2.05, 4.69) is 106 Å². The largest absolute Gasteiger partial charge is 0.252 e. The highest BCUT2D eigenvalue weighted by Gasteiger charge is 2.15. The van der Waals surface area contributed by atoms with Crippen molar-refractivity contribution in [3.63, 3.8) is 0 Å². The molecule has 1 heterocycles. The zero-order valence-corrected chi connectivity index (χ0v) is 16.7.